The molecule has 4 nitrogen and oxygen atoms in total. The van der Waals surface area contributed by atoms with Crippen molar-refractivity contribution < 1.29 is 4.74 Å². The minimum absolute atomic E-state index is 0.130. The number of rotatable bonds is 5. The summed E-state index contributed by atoms with van der Waals surface area (Å²) in [4.78, 5) is 5.42. The molecule has 5 heteroatoms. The number of fused-ring (bicyclic) bond motifs is 1. The van der Waals surface area contributed by atoms with Crippen LogP contribution >= 0.6 is 11.3 Å². The Morgan fingerprint density at radius 2 is 2.29 bits per heavy atom. The average molecular weight is 253 g/mol. The van der Waals surface area contributed by atoms with Crippen LogP contribution in [0.4, 0.5) is 0 Å². The van der Waals surface area contributed by atoms with Gasteiger partial charge in [-0.2, -0.15) is 4.98 Å². The smallest absolute Gasteiger partial charge is 0.237 e. The second-order valence-corrected chi connectivity index (χ2v) is 5.59. The van der Waals surface area contributed by atoms with E-state index in [9.17, 15) is 0 Å². The molecule has 94 valence electrons. The first-order valence-electron chi connectivity index (χ1n) is 5.81. The molecule has 2 heterocycles. The molecule has 0 aromatic carbocycles. The van der Waals surface area contributed by atoms with Crippen molar-refractivity contribution in [3.8, 4) is 5.88 Å². The molecule has 2 aromatic rings. The molecule has 0 saturated heterocycles. The summed E-state index contributed by atoms with van der Waals surface area (Å²) < 4.78 is 7.41. The number of ether oxygens (including phenoxy) is 1. The number of thiazole rings is 1. The first-order chi connectivity index (χ1) is 8.07. The molecule has 0 radical (unpaired) electrons. The molecule has 17 heavy (non-hydrogen) atoms. The lowest BCUT2D eigenvalue weighted by Crippen LogP contribution is -2.38. The minimum atomic E-state index is 0.130. The predicted molar refractivity (Wildman–Crippen MR) is 70.8 cm³/mol. The highest BCUT2D eigenvalue weighted by Crippen LogP contribution is 2.23. The van der Waals surface area contributed by atoms with Gasteiger partial charge in [-0.3, -0.25) is 4.40 Å². The Morgan fingerprint density at radius 1 is 1.53 bits per heavy atom. The average Bonchev–Trinajstić information content (AvgIpc) is 2.86. The van der Waals surface area contributed by atoms with Crippen LogP contribution < -0.4 is 10.1 Å². The van der Waals surface area contributed by atoms with E-state index in [2.05, 4.69) is 35.5 Å². The molecule has 0 fully saturated rings. The highest BCUT2D eigenvalue weighted by molar-refractivity contribution is 7.15. The van der Waals surface area contributed by atoms with Crippen molar-refractivity contribution in [2.75, 3.05) is 7.11 Å². The molecular formula is C12H19N3OS. The van der Waals surface area contributed by atoms with Crippen molar-refractivity contribution >= 4 is 16.3 Å². The maximum Gasteiger partial charge on any atom is 0.237 e. The Bertz CT molecular complexity index is 501. The fraction of sp³-hybridized carbons (Fsp3) is 0.583. The van der Waals surface area contributed by atoms with E-state index in [0.29, 0.717) is 0 Å². The van der Waals surface area contributed by atoms with E-state index in [-0.39, 0.29) is 5.54 Å². The summed E-state index contributed by atoms with van der Waals surface area (Å²) in [6.45, 7) is 7.35. The van der Waals surface area contributed by atoms with E-state index in [1.165, 1.54) is 0 Å². The summed E-state index contributed by atoms with van der Waals surface area (Å²) >= 11 is 1.62. The van der Waals surface area contributed by atoms with Crippen LogP contribution in [0.1, 0.15) is 32.9 Å². The van der Waals surface area contributed by atoms with Crippen LogP contribution in [0.3, 0.4) is 0 Å². The van der Waals surface area contributed by atoms with E-state index < -0.39 is 0 Å². The summed E-state index contributed by atoms with van der Waals surface area (Å²) in [6, 6.07) is 0. The predicted octanol–water partition coefficient (Wildman–Crippen LogP) is 2.68. The summed E-state index contributed by atoms with van der Waals surface area (Å²) in [7, 11) is 1.67. The topological polar surface area (TPSA) is 38.6 Å². The third-order valence-electron chi connectivity index (χ3n) is 3.14. The van der Waals surface area contributed by atoms with Crippen molar-refractivity contribution in [2.24, 2.45) is 0 Å². The Kier molecular flexibility index (Phi) is 3.40. The van der Waals surface area contributed by atoms with Crippen molar-refractivity contribution in [3.05, 3.63) is 17.3 Å². The molecule has 0 atom stereocenters. The van der Waals surface area contributed by atoms with Gasteiger partial charge in [0.15, 0.2) is 4.96 Å². The lowest BCUT2D eigenvalue weighted by atomic mass is 10.0. The van der Waals surface area contributed by atoms with Gasteiger partial charge in [0.2, 0.25) is 5.88 Å². The highest BCUT2D eigenvalue weighted by atomic mass is 32.1. The van der Waals surface area contributed by atoms with Gasteiger partial charge in [0.05, 0.1) is 7.11 Å². The third kappa shape index (κ3) is 2.45. The van der Waals surface area contributed by atoms with Crippen LogP contribution in [0.5, 0.6) is 5.88 Å². The zero-order valence-electron chi connectivity index (χ0n) is 10.8. The number of hydrogen-bond donors (Lipinski definition) is 1. The SMILES string of the molecule is CCC(C)(C)NCc1c(OC)nc2sccn12. The Labute approximate surface area is 106 Å². The second kappa shape index (κ2) is 4.66. The normalized spacial score (nSPS) is 12.2. The number of imidazole rings is 1. The van der Waals surface area contributed by atoms with Crippen LogP contribution in [-0.4, -0.2) is 22.0 Å². The standard InChI is InChI=1S/C12H19N3OS/c1-5-12(2,3)13-8-9-10(16-4)14-11-15(9)6-7-17-11/h6-7,13H,5,8H2,1-4H3. The van der Waals surface area contributed by atoms with Crippen molar-refractivity contribution in [1.29, 1.82) is 0 Å². The van der Waals surface area contributed by atoms with Crippen molar-refractivity contribution in [3.63, 3.8) is 0 Å². The molecule has 1 N–H and O–H groups in total. The summed E-state index contributed by atoms with van der Waals surface area (Å²) in [5.41, 5.74) is 1.22. The fourth-order valence-corrected chi connectivity index (χ4v) is 2.31. The van der Waals surface area contributed by atoms with E-state index in [1.807, 2.05) is 11.6 Å². The summed E-state index contributed by atoms with van der Waals surface area (Å²) in [5.74, 6) is 0.719. The molecule has 0 aliphatic rings. The molecule has 0 saturated carbocycles. The molecular weight excluding hydrogens is 234 g/mol. The minimum Gasteiger partial charge on any atom is -0.480 e. The van der Waals surface area contributed by atoms with Crippen LogP contribution in [0, 0.1) is 0 Å². The molecule has 0 unspecified atom stereocenters. The second-order valence-electron chi connectivity index (χ2n) is 4.71. The summed E-state index contributed by atoms with van der Waals surface area (Å²) in [6.07, 6.45) is 3.12. The first-order valence-corrected chi connectivity index (χ1v) is 6.69. The van der Waals surface area contributed by atoms with Gasteiger partial charge in [0, 0.05) is 23.7 Å². The lowest BCUT2D eigenvalue weighted by Gasteiger charge is -2.24. The van der Waals surface area contributed by atoms with Crippen LogP contribution in [0.15, 0.2) is 11.6 Å². The van der Waals surface area contributed by atoms with E-state index in [4.69, 9.17) is 4.74 Å². The van der Waals surface area contributed by atoms with E-state index >= 15 is 0 Å². The van der Waals surface area contributed by atoms with Gasteiger partial charge in [-0.25, -0.2) is 0 Å². The molecule has 0 bridgehead atoms. The van der Waals surface area contributed by atoms with Crippen LogP contribution in [0.2, 0.25) is 0 Å². The number of methoxy groups -OCH3 is 1. The van der Waals surface area contributed by atoms with Gasteiger partial charge in [0.1, 0.15) is 5.69 Å². The number of hydrogen-bond acceptors (Lipinski definition) is 4. The highest BCUT2D eigenvalue weighted by Gasteiger charge is 2.18. The van der Waals surface area contributed by atoms with E-state index in [0.717, 1.165) is 29.5 Å². The molecule has 0 amide bonds. The maximum atomic E-state index is 5.32. The van der Waals surface area contributed by atoms with Gasteiger partial charge < -0.3 is 10.1 Å². The molecule has 2 rings (SSSR count). The van der Waals surface area contributed by atoms with Crippen molar-refractivity contribution in [1.82, 2.24) is 14.7 Å². The van der Waals surface area contributed by atoms with Gasteiger partial charge >= 0.3 is 0 Å². The number of nitrogens with one attached hydrogen (secondary N) is 1. The van der Waals surface area contributed by atoms with Gasteiger partial charge in [-0.1, -0.05) is 6.92 Å². The third-order valence-corrected chi connectivity index (χ3v) is 3.89. The van der Waals surface area contributed by atoms with Crippen LogP contribution in [0.25, 0.3) is 4.96 Å². The summed E-state index contributed by atoms with van der Waals surface area (Å²) in [5, 5.41) is 5.57. The van der Waals surface area contributed by atoms with Gasteiger partial charge in [0.25, 0.3) is 0 Å². The Balaban J connectivity index is 2.24. The number of nitrogens with zero attached hydrogens (tertiary/aromatic N) is 2. The fourth-order valence-electron chi connectivity index (χ4n) is 1.59. The zero-order chi connectivity index (χ0) is 12.5. The van der Waals surface area contributed by atoms with Gasteiger partial charge in [-0.15, -0.1) is 11.3 Å². The van der Waals surface area contributed by atoms with Crippen LogP contribution in [-0.2, 0) is 6.54 Å². The largest absolute Gasteiger partial charge is 0.480 e. The Morgan fingerprint density at radius 3 is 2.94 bits per heavy atom. The maximum absolute atomic E-state index is 5.32. The van der Waals surface area contributed by atoms with E-state index in [1.54, 1.807) is 18.4 Å². The molecule has 0 spiro atoms. The lowest BCUT2D eigenvalue weighted by molar-refractivity contribution is 0.357. The molecule has 2 aromatic heterocycles. The number of aromatic nitrogens is 2. The molecule has 0 aliphatic carbocycles. The first kappa shape index (κ1) is 12.4. The zero-order valence-corrected chi connectivity index (χ0v) is 11.6. The van der Waals surface area contributed by atoms with Crippen molar-refractivity contribution in [2.45, 2.75) is 39.3 Å². The monoisotopic (exact) mass is 253 g/mol. The molecule has 0 aliphatic heterocycles. The van der Waals surface area contributed by atoms with Gasteiger partial charge in [-0.05, 0) is 20.3 Å². The Hall–Kier alpha value is -1.07. The quantitative estimate of drug-likeness (QED) is 0.890.